The quantitative estimate of drug-likeness (QED) is 0.663. The van der Waals surface area contributed by atoms with Gasteiger partial charge in [-0.3, -0.25) is 9.69 Å². The van der Waals surface area contributed by atoms with Gasteiger partial charge in [0.25, 0.3) is 5.78 Å². The van der Waals surface area contributed by atoms with Crippen LogP contribution in [0.2, 0.25) is 0 Å². The molecule has 0 unspecified atom stereocenters. The molecule has 9 heteroatoms. The molecule has 29 heavy (non-hydrogen) atoms. The standard InChI is InChI=1S/C20H25N7O2/c1-15-11-19(27-20(24-15)22-14-23-27)26-9-7-25(8-10-26)13-18(28)21-12-16-3-5-17(29-2)6-4-16/h3-6,11,14H,7-10,12-13H2,1-2H3,(H,21,28). The Balaban J connectivity index is 1.28. The summed E-state index contributed by atoms with van der Waals surface area (Å²) in [7, 11) is 1.64. The van der Waals surface area contributed by atoms with E-state index in [0.717, 1.165) is 49.0 Å². The first-order valence-electron chi connectivity index (χ1n) is 9.67. The number of fused-ring (bicyclic) bond motifs is 1. The van der Waals surface area contributed by atoms with Gasteiger partial charge in [-0.15, -0.1) is 0 Å². The monoisotopic (exact) mass is 395 g/mol. The summed E-state index contributed by atoms with van der Waals surface area (Å²) < 4.78 is 6.92. The molecule has 3 aromatic rings. The minimum atomic E-state index is 0.0349. The average Bonchev–Trinajstić information content (AvgIpc) is 3.21. The highest BCUT2D eigenvalue weighted by Crippen LogP contribution is 2.17. The van der Waals surface area contributed by atoms with E-state index in [-0.39, 0.29) is 5.91 Å². The van der Waals surface area contributed by atoms with Gasteiger partial charge in [0.2, 0.25) is 5.91 Å². The number of nitrogens with zero attached hydrogens (tertiary/aromatic N) is 6. The Morgan fingerprint density at radius 2 is 1.93 bits per heavy atom. The average molecular weight is 395 g/mol. The molecule has 1 fully saturated rings. The largest absolute Gasteiger partial charge is 0.497 e. The highest BCUT2D eigenvalue weighted by molar-refractivity contribution is 5.78. The van der Waals surface area contributed by atoms with Gasteiger partial charge in [0.15, 0.2) is 0 Å². The molecule has 2 aromatic heterocycles. The molecule has 9 nitrogen and oxygen atoms in total. The van der Waals surface area contributed by atoms with Crippen LogP contribution in [0.4, 0.5) is 5.82 Å². The number of aromatic nitrogens is 4. The number of hydrogen-bond acceptors (Lipinski definition) is 7. The molecule has 1 amide bonds. The van der Waals surface area contributed by atoms with Gasteiger partial charge in [-0.05, 0) is 24.6 Å². The van der Waals surface area contributed by atoms with E-state index in [1.54, 1.807) is 11.6 Å². The molecule has 0 aliphatic carbocycles. The van der Waals surface area contributed by atoms with E-state index < -0.39 is 0 Å². The summed E-state index contributed by atoms with van der Waals surface area (Å²) in [6.07, 6.45) is 1.52. The van der Waals surface area contributed by atoms with Gasteiger partial charge in [-0.1, -0.05) is 12.1 Å². The molecule has 0 spiro atoms. The summed E-state index contributed by atoms with van der Waals surface area (Å²) in [4.78, 5) is 25.3. The molecule has 0 radical (unpaired) electrons. The summed E-state index contributed by atoms with van der Waals surface area (Å²) in [5, 5.41) is 7.27. The Morgan fingerprint density at radius 1 is 1.17 bits per heavy atom. The van der Waals surface area contributed by atoms with Crippen LogP contribution in [0.15, 0.2) is 36.7 Å². The molecule has 152 valence electrons. The van der Waals surface area contributed by atoms with E-state index >= 15 is 0 Å². The molecule has 1 saturated heterocycles. The van der Waals surface area contributed by atoms with E-state index in [1.807, 2.05) is 37.3 Å². The molecule has 1 N–H and O–H groups in total. The van der Waals surface area contributed by atoms with Crippen LogP contribution in [0.3, 0.4) is 0 Å². The Hall–Kier alpha value is -3.20. The van der Waals surface area contributed by atoms with Gasteiger partial charge in [0.05, 0.1) is 13.7 Å². The van der Waals surface area contributed by atoms with Crippen LogP contribution in [0.1, 0.15) is 11.3 Å². The van der Waals surface area contributed by atoms with E-state index in [1.165, 1.54) is 6.33 Å². The summed E-state index contributed by atoms with van der Waals surface area (Å²) in [5.74, 6) is 2.45. The number of carbonyl (C=O) groups is 1. The lowest BCUT2D eigenvalue weighted by molar-refractivity contribution is -0.122. The fourth-order valence-electron chi connectivity index (χ4n) is 3.47. The van der Waals surface area contributed by atoms with Crippen molar-refractivity contribution in [2.24, 2.45) is 0 Å². The lowest BCUT2D eigenvalue weighted by atomic mass is 10.2. The summed E-state index contributed by atoms with van der Waals surface area (Å²) in [6.45, 7) is 6.15. The number of aryl methyl sites for hydroxylation is 1. The second-order valence-corrected chi connectivity index (χ2v) is 7.12. The van der Waals surface area contributed by atoms with Gasteiger partial charge in [-0.2, -0.15) is 14.6 Å². The third-order valence-corrected chi connectivity index (χ3v) is 5.07. The maximum atomic E-state index is 12.3. The first-order chi connectivity index (χ1) is 14.1. The van der Waals surface area contributed by atoms with Crippen molar-refractivity contribution in [2.75, 3.05) is 44.7 Å². The Labute approximate surface area is 169 Å². The number of rotatable bonds is 6. The summed E-state index contributed by atoms with van der Waals surface area (Å²) in [6, 6.07) is 9.74. The van der Waals surface area contributed by atoms with Crippen molar-refractivity contribution in [1.82, 2.24) is 29.8 Å². The summed E-state index contributed by atoms with van der Waals surface area (Å²) in [5.41, 5.74) is 1.97. The van der Waals surface area contributed by atoms with Crippen molar-refractivity contribution in [2.45, 2.75) is 13.5 Å². The van der Waals surface area contributed by atoms with Crippen molar-refractivity contribution >= 4 is 17.5 Å². The zero-order chi connectivity index (χ0) is 20.2. The van der Waals surface area contributed by atoms with Crippen LogP contribution in [-0.4, -0.2) is 70.2 Å². The van der Waals surface area contributed by atoms with Gasteiger partial charge in [-0.25, -0.2) is 4.98 Å². The second-order valence-electron chi connectivity index (χ2n) is 7.12. The second kappa shape index (κ2) is 8.44. The predicted molar refractivity (Wildman–Crippen MR) is 109 cm³/mol. The van der Waals surface area contributed by atoms with Gasteiger partial charge >= 0.3 is 0 Å². The zero-order valence-electron chi connectivity index (χ0n) is 16.7. The number of carbonyl (C=O) groups excluding carboxylic acids is 1. The molecular weight excluding hydrogens is 370 g/mol. The zero-order valence-corrected chi connectivity index (χ0v) is 16.7. The smallest absolute Gasteiger partial charge is 0.254 e. The maximum absolute atomic E-state index is 12.3. The molecular formula is C20H25N7O2. The van der Waals surface area contributed by atoms with Crippen LogP contribution < -0.4 is 15.0 Å². The third-order valence-electron chi connectivity index (χ3n) is 5.07. The minimum absolute atomic E-state index is 0.0349. The number of benzene rings is 1. The van der Waals surface area contributed by atoms with Crippen molar-refractivity contribution in [3.8, 4) is 5.75 Å². The lowest BCUT2D eigenvalue weighted by Gasteiger charge is -2.35. The topological polar surface area (TPSA) is 87.9 Å². The number of methoxy groups -OCH3 is 1. The number of amides is 1. The lowest BCUT2D eigenvalue weighted by Crippen LogP contribution is -2.50. The van der Waals surface area contributed by atoms with Crippen LogP contribution in [0.5, 0.6) is 5.75 Å². The van der Waals surface area contributed by atoms with E-state index in [9.17, 15) is 4.79 Å². The Morgan fingerprint density at radius 3 is 2.66 bits per heavy atom. The van der Waals surface area contributed by atoms with Crippen LogP contribution in [0.25, 0.3) is 5.78 Å². The fraction of sp³-hybridized carbons (Fsp3) is 0.400. The van der Waals surface area contributed by atoms with Crippen molar-refractivity contribution in [1.29, 1.82) is 0 Å². The SMILES string of the molecule is COc1ccc(CNC(=O)CN2CCN(c3cc(C)nc4ncnn34)CC2)cc1. The van der Waals surface area contributed by atoms with Crippen LogP contribution in [-0.2, 0) is 11.3 Å². The highest BCUT2D eigenvalue weighted by atomic mass is 16.5. The first kappa shape index (κ1) is 19.1. The van der Waals surface area contributed by atoms with Crippen molar-refractivity contribution < 1.29 is 9.53 Å². The van der Waals surface area contributed by atoms with Crippen molar-refractivity contribution in [3.63, 3.8) is 0 Å². The molecule has 3 heterocycles. The molecule has 0 bridgehead atoms. The highest BCUT2D eigenvalue weighted by Gasteiger charge is 2.21. The number of anilines is 1. The number of piperazine rings is 1. The minimum Gasteiger partial charge on any atom is -0.497 e. The summed E-state index contributed by atoms with van der Waals surface area (Å²) >= 11 is 0. The molecule has 1 aliphatic heterocycles. The maximum Gasteiger partial charge on any atom is 0.254 e. The van der Waals surface area contributed by atoms with E-state index in [4.69, 9.17) is 4.74 Å². The number of hydrogen-bond donors (Lipinski definition) is 1. The van der Waals surface area contributed by atoms with E-state index in [2.05, 4.69) is 30.2 Å². The van der Waals surface area contributed by atoms with Crippen LogP contribution >= 0.6 is 0 Å². The van der Waals surface area contributed by atoms with Gasteiger partial charge < -0.3 is 15.0 Å². The number of ether oxygens (including phenoxy) is 1. The molecule has 1 aromatic carbocycles. The van der Waals surface area contributed by atoms with Crippen molar-refractivity contribution in [3.05, 3.63) is 47.9 Å². The first-order valence-corrected chi connectivity index (χ1v) is 9.67. The Kier molecular flexibility index (Phi) is 5.57. The van der Waals surface area contributed by atoms with Gasteiger partial charge in [0, 0.05) is 44.5 Å². The van der Waals surface area contributed by atoms with E-state index in [0.29, 0.717) is 18.9 Å². The third kappa shape index (κ3) is 4.45. The normalized spacial score (nSPS) is 14.9. The molecule has 0 saturated carbocycles. The molecule has 0 atom stereocenters. The van der Waals surface area contributed by atoms with Gasteiger partial charge in [0.1, 0.15) is 17.9 Å². The Bertz CT molecular complexity index is 978. The predicted octanol–water partition coefficient (Wildman–Crippen LogP) is 0.880. The molecule has 4 rings (SSSR count). The molecule has 1 aliphatic rings. The fourth-order valence-corrected chi connectivity index (χ4v) is 3.47. The number of nitrogens with one attached hydrogen (secondary N) is 1. The van der Waals surface area contributed by atoms with Crippen LogP contribution in [0, 0.1) is 6.92 Å².